The fraction of sp³-hybridized carbons (Fsp3) is 0.562. The molecule has 5 nitrogen and oxygen atoms in total. The highest BCUT2D eigenvalue weighted by molar-refractivity contribution is 6.02. The van der Waals surface area contributed by atoms with E-state index in [1.54, 1.807) is 0 Å². The zero-order valence-electron chi connectivity index (χ0n) is 12.3. The average Bonchev–Trinajstić information content (AvgIpc) is 3.04. The highest BCUT2D eigenvalue weighted by atomic mass is 16.5. The third-order valence-electron chi connectivity index (χ3n) is 4.09. The minimum Gasteiger partial charge on any atom is -0.382 e. The van der Waals surface area contributed by atoms with Crippen LogP contribution in [0.15, 0.2) is 18.2 Å². The number of hydrogen-bond acceptors (Lipinski definition) is 4. The lowest BCUT2D eigenvalue weighted by Crippen LogP contribution is -2.30. The van der Waals surface area contributed by atoms with Crippen LogP contribution in [0.5, 0.6) is 0 Å². The number of amides is 1. The van der Waals surface area contributed by atoms with Gasteiger partial charge in [-0.2, -0.15) is 0 Å². The number of anilines is 2. The maximum Gasteiger partial charge on any atom is 0.253 e. The smallest absolute Gasteiger partial charge is 0.253 e. The molecular weight excluding hydrogens is 266 g/mol. The molecular formula is C16H23N3O2. The van der Waals surface area contributed by atoms with E-state index in [0.717, 1.165) is 37.3 Å². The SMILES string of the molecule is O=C(NCCOC1CCCC1)c1cccc2c1NCCN2. The van der Waals surface area contributed by atoms with Crippen LogP contribution < -0.4 is 16.0 Å². The Morgan fingerprint density at radius 1 is 1.24 bits per heavy atom. The molecule has 1 heterocycles. The highest BCUT2D eigenvalue weighted by Crippen LogP contribution is 2.28. The summed E-state index contributed by atoms with van der Waals surface area (Å²) in [5, 5.41) is 9.53. The van der Waals surface area contributed by atoms with Gasteiger partial charge in [0.2, 0.25) is 0 Å². The zero-order chi connectivity index (χ0) is 14.5. The van der Waals surface area contributed by atoms with Crippen molar-refractivity contribution in [1.82, 2.24) is 5.32 Å². The van der Waals surface area contributed by atoms with Crippen molar-refractivity contribution in [2.75, 3.05) is 36.9 Å². The topological polar surface area (TPSA) is 62.4 Å². The van der Waals surface area contributed by atoms with Crippen LogP contribution in [-0.4, -0.2) is 38.3 Å². The molecule has 3 N–H and O–H groups in total. The van der Waals surface area contributed by atoms with Crippen molar-refractivity contribution in [3.63, 3.8) is 0 Å². The first-order valence-corrected chi connectivity index (χ1v) is 7.85. The maximum absolute atomic E-state index is 12.3. The van der Waals surface area contributed by atoms with Crippen LogP contribution in [0.25, 0.3) is 0 Å². The lowest BCUT2D eigenvalue weighted by molar-refractivity contribution is 0.0582. The molecule has 0 saturated heterocycles. The Hall–Kier alpha value is -1.75. The summed E-state index contributed by atoms with van der Waals surface area (Å²) in [5.41, 5.74) is 2.59. The molecule has 1 amide bonds. The molecule has 114 valence electrons. The first-order chi connectivity index (χ1) is 10.3. The Kier molecular flexibility index (Phi) is 4.60. The third kappa shape index (κ3) is 3.47. The van der Waals surface area contributed by atoms with Gasteiger partial charge in [0.15, 0.2) is 0 Å². The molecule has 5 heteroatoms. The predicted molar refractivity (Wildman–Crippen MR) is 84.0 cm³/mol. The van der Waals surface area contributed by atoms with Gasteiger partial charge in [-0.1, -0.05) is 18.9 Å². The van der Waals surface area contributed by atoms with Gasteiger partial charge in [-0.05, 0) is 25.0 Å². The van der Waals surface area contributed by atoms with Crippen molar-refractivity contribution >= 4 is 17.3 Å². The number of carbonyl (C=O) groups is 1. The summed E-state index contributed by atoms with van der Waals surface area (Å²) in [6, 6.07) is 5.75. The van der Waals surface area contributed by atoms with Crippen LogP contribution in [0.1, 0.15) is 36.0 Å². The monoisotopic (exact) mass is 289 g/mol. The summed E-state index contributed by atoms with van der Waals surface area (Å²) < 4.78 is 5.76. The Balaban J connectivity index is 1.51. The Bertz CT molecular complexity index is 498. The van der Waals surface area contributed by atoms with Crippen LogP contribution in [0, 0.1) is 0 Å². The summed E-state index contributed by atoms with van der Waals surface area (Å²) in [6.45, 7) is 2.87. The second kappa shape index (κ2) is 6.80. The van der Waals surface area contributed by atoms with E-state index in [4.69, 9.17) is 4.74 Å². The van der Waals surface area contributed by atoms with E-state index in [0.29, 0.717) is 24.8 Å². The van der Waals surface area contributed by atoms with Crippen molar-refractivity contribution in [3.05, 3.63) is 23.8 Å². The van der Waals surface area contributed by atoms with Crippen molar-refractivity contribution in [3.8, 4) is 0 Å². The van der Waals surface area contributed by atoms with Crippen molar-refractivity contribution in [1.29, 1.82) is 0 Å². The highest BCUT2D eigenvalue weighted by Gasteiger charge is 2.17. The van der Waals surface area contributed by atoms with Gasteiger partial charge in [-0.15, -0.1) is 0 Å². The number of nitrogens with one attached hydrogen (secondary N) is 3. The molecule has 21 heavy (non-hydrogen) atoms. The van der Waals surface area contributed by atoms with Gasteiger partial charge in [-0.3, -0.25) is 4.79 Å². The standard InChI is InChI=1S/C16H23N3O2/c20-16(19-10-11-21-12-4-1-2-5-12)13-6-3-7-14-15(13)18-9-8-17-14/h3,6-7,12,17-18H,1-2,4-5,8-11H2,(H,19,20). The number of rotatable bonds is 5. The molecule has 2 aliphatic rings. The quantitative estimate of drug-likeness (QED) is 0.727. The van der Waals surface area contributed by atoms with Crippen molar-refractivity contribution in [2.45, 2.75) is 31.8 Å². The minimum absolute atomic E-state index is 0.0435. The molecule has 0 bridgehead atoms. The van der Waals surface area contributed by atoms with Crippen molar-refractivity contribution < 1.29 is 9.53 Å². The lowest BCUT2D eigenvalue weighted by Gasteiger charge is -2.22. The van der Waals surface area contributed by atoms with Gasteiger partial charge in [0.1, 0.15) is 0 Å². The van der Waals surface area contributed by atoms with Gasteiger partial charge in [0.05, 0.1) is 29.6 Å². The summed E-state index contributed by atoms with van der Waals surface area (Å²) in [4.78, 5) is 12.3. The first kappa shape index (κ1) is 14.2. The van der Waals surface area contributed by atoms with E-state index < -0.39 is 0 Å². The number of ether oxygens (including phenoxy) is 1. The fourth-order valence-corrected chi connectivity index (χ4v) is 3.00. The molecule has 1 fully saturated rings. The predicted octanol–water partition coefficient (Wildman–Crippen LogP) is 2.21. The summed E-state index contributed by atoms with van der Waals surface area (Å²) in [5.74, 6) is -0.0435. The molecule has 0 atom stereocenters. The maximum atomic E-state index is 12.3. The van der Waals surface area contributed by atoms with Gasteiger partial charge < -0.3 is 20.7 Å². The van der Waals surface area contributed by atoms with Crippen molar-refractivity contribution in [2.24, 2.45) is 0 Å². The van der Waals surface area contributed by atoms with Crippen LogP contribution in [-0.2, 0) is 4.74 Å². The second-order valence-electron chi connectivity index (χ2n) is 5.61. The van der Waals surface area contributed by atoms with Gasteiger partial charge >= 0.3 is 0 Å². The van der Waals surface area contributed by atoms with E-state index in [1.165, 1.54) is 12.8 Å². The molecule has 1 aromatic carbocycles. The molecule has 0 spiro atoms. The van der Waals surface area contributed by atoms with E-state index in [9.17, 15) is 4.79 Å². The zero-order valence-corrected chi connectivity index (χ0v) is 12.3. The van der Waals surface area contributed by atoms with E-state index in [2.05, 4.69) is 16.0 Å². The number of fused-ring (bicyclic) bond motifs is 1. The summed E-state index contributed by atoms with van der Waals surface area (Å²) >= 11 is 0. The Labute approximate surface area is 125 Å². The number of hydrogen-bond donors (Lipinski definition) is 3. The summed E-state index contributed by atoms with van der Waals surface area (Å²) in [6.07, 6.45) is 5.26. The largest absolute Gasteiger partial charge is 0.382 e. The van der Waals surface area contributed by atoms with Gasteiger partial charge in [0, 0.05) is 19.6 Å². The molecule has 1 aliphatic heterocycles. The molecule has 3 rings (SSSR count). The van der Waals surface area contributed by atoms with Crippen LogP contribution >= 0.6 is 0 Å². The van der Waals surface area contributed by atoms with Crippen LogP contribution in [0.2, 0.25) is 0 Å². The van der Waals surface area contributed by atoms with Crippen LogP contribution in [0.3, 0.4) is 0 Å². The Morgan fingerprint density at radius 3 is 2.90 bits per heavy atom. The number of para-hydroxylation sites is 1. The van der Waals surface area contributed by atoms with E-state index in [1.807, 2.05) is 18.2 Å². The molecule has 0 unspecified atom stereocenters. The lowest BCUT2D eigenvalue weighted by atomic mass is 10.1. The Morgan fingerprint density at radius 2 is 2.05 bits per heavy atom. The van der Waals surface area contributed by atoms with E-state index in [-0.39, 0.29) is 5.91 Å². The molecule has 1 aromatic rings. The second-order valence-corrected chi connectivity index (χ2v) is 5.61. The molecule has 0 radical (unpaired) electrons. The molecule has 1 saturated carbocycles. The van der Waals surface area contributed by atoms with Gasteiger partial charge in [-0.25, -0.2) is 0 Å². The third-order valence-corrected chi connectivity index (χ3v) is 4.09. The van der Waals surface area contributed by atoms with Gasteiger partial charge in [0.25, 0.3) is 5.91 Å². The molecule has 1 aliphatic carbocycles. The number of carbonyl (C=O) groups excluding carboxylic acids is 1. The van der Waals surface area contributed by atoms with Crippen LogP contribution in [0.4, 0.5) is 11.4 Å². The normalized spacial score (nSPS) is 17.7. The minimum atomic E-state index is -0.0435. The first-order valence-electron chi connectivity index (χ1n) is 7.85. The number of benzene rings is 1. The van der Waals surface area contributed by atoms with E-state index >= 15 is 0 Å². The fourth-order valence-electron chi connectivity index (χ4n) is 3.00. The summed E-state index contributed by atoms with van der Waals surface area (Å²) in [7, 11) is 0. The molecule has 0 aromatic heterocycles. The average molecular weight is 289 g/mol.